The lowest BCUT2D eigenvalue weighted by molar-refractivity contribution is -0.385. The van der Waals surface area contributed by atoms with E-state index in [9.17, 15) is 24.1 Å². The maximum absolute atomic E-state index is 13.0. The largest absolute Gasteiger partial charge is 0.475 e. The van der Waals surface area contributed by atoms with Crippen LogP contribution in [0.2, 0.25) is 5.02 Å². The van der Waals surface area contributed by atoms with Gasteiger partial charge in [0.15, 0.2) is 18.5 Å². The zero-order valence-electron chi connectivity index (χ0n) is 14.0. The molecule has 2 rings (SSSR count). The van der Waals surface area contributed by atoms with Crippen LogP contribution in [0.1, 0.15) is 6.92 Å². The highest BCUT2D eigenvalue weighted by molar-refractivity contribution is 6.33. The highest BCUT2D eigenvalue weighted by Gasteiger charge is 2.21. The summed E-state index contributed by atoms with van der Waals surface area (Å²) in [5.74, 6) is -2.26. The molecule has 8 nitrogen and oxygen atoms in total. The van der Waals surface area contributed by atoms with Crippen LogP contribution in [0, 0.1) is 15.9 Å². The summed E-state index contributed by atoms with van der Waals surface area (Å²) >= 11 is 5.80. The summed E-state index contributed by atoms with van der Waals surface area (Å²) in [6, 6.07) is 8.92. The predicted octanol–water partition coefficient (Wildman–Crippen LogP) is 3.34. The van der Waals surface area contributed by atoms with Crippen LogP contribution in [0.15, 0.2) is 42.5 Å². The minimum Gasteiger partial charge on any atom is -0.475 e. The van der Waals surface area contributed by atoms with Crippen LogP contribution in [-0.2, 0) is 14.3 Å². The van der Waals surface area contributed by atoms with Crippen LogP contribution in [0.4, 0.5) is 15.8 Å². The molecule has 0 saturated heterocycles. The van der Waals surface area contributed by atoms with Crippen LogP contribution in [0.3, 0.4) is 0 Å². The highest BCUT2D eigenvalue weighted by Crippen LogP contribution is 2.26. The van der Waals surface area contributed by atoms with Crippen molar-refractivity contribution in [2.24, 2.45) is 0 Å². The molecule has 2 aromatic rings. The van der Waals surface area contributed by atoms with Crippen LogP contribution < -0.4 is 10.1 Å². The number of hydrogen-bond donors (Lipinski definition) is 1. The maximum Gasteiger partial charge on any atom is 0.344 e. The second-order valence-electron chi connectivity index (χ2n) is 5.26. The van der Waals surface area contributed by atoms with Gasteiger partial charge in [-0.25, -0.2) is 9.18 Å². The van der Waals surface area contributed by atoms with Crippen molar-refractivity contribution in [2.45, 2.75) is 13.0 Å². The van der Waals surface area contributed by atoms with E-state index in [4.69, 9.17) is 21.1 Å². The molecule has 0 radical (unpaired) electrons. The predicted molar refractivity (Wildman–Crippen MR) is 94.2 cm³/mol. The molecule has 0 spiro atoms. The van der Waals surface area contributed by atoms with E-state index in [-0.39, 0.29) is 22.1 Å². The number of hydrogen-bond acceptors (Lipinski definition) is 6. The number of para-hydroxylation sites is 2. The molecule has 27 heavy (non-hydrogen) atoms. The van der Waals surface area contributed by atoms with Crippen molar-refractivity contribution in [1.29, 1.82) is 0 Å². The zero-order valence-corrected chi connectivity index (χ0v) is 14.7. The van der Waals surface area contributed by atoms with Crippen molar-refractivity contribution in [3.63, 3.8) is 0 Å². The molecule has 0 fully saturated rings. The summed E-state index contributed by atoms with van der Waals surface area (Å²) < 4.78 is 23.0. The van der Waals surface area contributed by atoms with Gasteiger partial charge in [0, 0.05) is 6.07 Å². The molecule has 2 aromatic carbocycles. The number of nitrogens with zero attached hydrogens (tertiary/aromatic N) is 1. The van der Waals surface area contributed by atoms with E-state index < -0.39 is 35.3 Å². The van der Waals surface area contributed by atoms with Crippen molar-refractivity contribution in [1.82, 2.24) is 0 Å². The number of benzene rings is 2. The van der Waals surface area contributed by atoms with Gasteiger partial charge in [0.1, 0.15) is 5.82 Å². The standard InChI is InChI=1S/C17H14ClFN2O6/c1-10(17(23)20-13-7-6-11(19)8-12(13)18)27-16(22)9-26-15-5-3-2-4-14(15)21(24)25/h2-8,10H,9H2,1H3,(H,20,23). The van der Waals surface area contributed by atoms with Gasteiger partial charge in [0.25, 0.3) is 5.91 Å². The maximum atomic E-state index is 13.0. The summed E-state index contributed by atoms with van der Waals surface area (Å²) in [4.78, 5) is 34.1. The van der Waals surface area contributed by atoms with E-state index in [0.29, 0.717) is 0 Å². The second-order valence-corrected chi connectivity index (χ2v) is 5.67. The number of nitro groups is 1. The number of ether oxygens (including phenoxy) is 2. The molecule has 1 atom stereocenters. The minimum absolute atomic E-state index is 0.0124. The van der Waals surface area contributed by atoms with Crippen molar-refractivity contribution in [2.75, 3.05) is 11.9 Å². The van der Waals surface area contributed by atoms with Gasteiger partial charge in [-0.05, 0) is 31.2 Å². The van der Waals surface area contributed by atoms with Gasteiger partial charge in [0.2, 0.25) is 0 Å². The average molecular weight is 397 g/mol. The number of nitro benzene ring substituents is 1. The summed E-state index contributed by atoms with van der Waals surface area (Å²) in [7, 11) is 0. The monoisotopic (exact) mass is 396 g/mol. The Labute approximate surface area is 158 Å². The number of halogens is 2. The highest BCUT2D eigenvalue weighted by atomic mass is 35.5. The third-order valence-corrected chi connectivity index (χ3v) is 3.59. The molecule has 1 amide bonds. The van der Waals surface area contributed by atoms with Crippen molar-refractivity contribution >= 4 is 34.9 Å². The van der Waals surface area contributed by atoms with E-state index in [1.165, 1.54) is 37.3 Å². The Hall–Kier alpha value is -3.20. The van der Waals surface area contributed by atoms with E-state index in [0.717, 1.165) is 12.1 Å². The van der Waals surface area contributed by atoms with E-state index in [1.807, 2.05) is 0 Å². The summed E-state index contributed by atoms with van der Waals surface area (Å²) in [5, 5.41) is 13.3. The number of esters is 1. The van der Waals surface area contributed by atoms with Gasteiger partial charge in [-0.1, -0.05) is 23.7 Å². The second kappa shape index (κ2) is 8.95. The first-order valence-corrected chi connectivity index (χ1v) is 7.97. The molecule has 1 unspecified atom stereocenters. The lowest BCUT2D eigenvalue weighted by Crippen LogP contribution is -2.31. The van der Waals surface area contributed by atoms with Gasteiger partial charge in [0.05, 0.1) is 15.6 Å². The molecular weight excluding hydrogens is 383 g/mol. The van der Waals surface area contributed by atoms with Gasteiger partial charge in [-0.15, -0.1) is 0 Å². The van der Waals surface area contributed by atoms with Gasteiger partial charge < -0.3 is 14.8 Å². The number of rotatable bonds is 7. The van der Waals surface area contributed by atoms with Crippen LogP contribution in [0.25, 0.3) is 0 Å². The fraction of sp³-hybridized carbons (Fsp3) is 0.176. The summed E-state index contributed by atoms with van der Waals surface area (Å²) in [5.41, 5.74) is -0.149. The molecule has 10 heteroatoms. The molecule has 142 valence electrons. The lowest BCUT2D eigenvalue weighted by atomic mass is 10.3. The quantitative estimate of drug-likeness (QED) is 0.437. The summed E-state index contributed by atoms with van der Waals surface area (Å²) in [6.07, 6.45) is -1.20. The molecule has 0 aromatic heterocycles. The Morgan fingerprint density at radius 1 is 1.30 bits per heavy atom. The fourth-order valence-electron chi connectivity index (χ4n) is 1.98. The van der Waals surface area contributed by atoms with Crippen molar-refractivity contribution in [3.8, 4) is 5.75 Å². The first kappa shape index (κ1) is 20.1. The van der Waals surface area contributed by atoms with Crippen LogP contribution >= 0.6 is 11.6 Å². The third-order valence-electron chi connectivity index (χ3n) is 3.27. The van der Waals surface area contributed by atoms with E-state index >= 15 is 0 Å². The Kier molecular flexibility index (Phi) is 6.67. The first-order chi connectivity index (χ1) is 12.8. The number of carbonyl (C=O) groups is 2. The molecule has 0 bridgehead atoms. The van der Waals surface area contributed by atoms with E-state index in [2.05, 4.69) is 5.32 Å². The minimum atomic E-state index is -1.20. The number of amides is 1. The molecule has 0 saturated carbocycles. The van der Waals surface area contributed by atoms with E-state index in [1.54, 1.807) is 0 Å². The smallest absolute Gasteiger partial charge is 0.344 e. The van der Waals surface area contributed by atoms with Gasteiger partial charge in [-0.2, -0.15) is 0 Å². The van der Waals surface area contributed by atoms with Gasteiger partial charge >= 0.3 is 11.7 Å². The topological polar surface area (TPSA) is 108 Å². The molecule has 0 aliphatic carbocycles. The van der Waals surface area contributed by atoms with Crippen LogP contribution in [0.5, 0.6) is 5.75 Å². The third kappa shape index (κ3) is 5.65. The average Bonchev–Trinajstić information content (AvgIpc) is 2.62. The molecule has 0 aliphatic rings. The molecule has 1 N–H and O–H groups in total. The number of carbonyl (C=O) groups excluding carboxylic acids is 2. The Bertz CT molecular complexity index is 876. The lowest BCUT2D eigenvalue weighted by Gasteiger charge is -2.14. The zero-order chi connectivity index (χ0) is 20.0. The number of anilines is 1. The Morgan fingerprint density at radius 2 is 2.00 bits per heavy atom. The van der Waals surface area contributed by atoms with Crippen LogP contribution in [-0.4, -0.2) is 29.5 Å². The fourth-order valence-corrected chi connectivity index (χ4v) is 2.19. The molecule has 0 aliphatic heterocycles. The first-order valence-electron chi connectivity index (χ1n) is 7.59. The van der Waals surface area contributed by atoms with Gasteiger partial charge in [-0.3, -0.25) is 14.9 Å². The van der Waals surface area contributed by atoms with Crippen molar-refractivity contribution in [3.05, 3.63) is 63.4 Å². The Morgan fingerprint density at radius 3 is 2.67 bits per heavy atom. The molecular formula is C17H14ClFN2O6. The van der Waals surface area contributed by atoms with Crippen molar-refractivity contribution < 1.29 is 28.4 Å². The molecule has 0 heterocycles. The SMILES string of the molecule is CC(OC(=O)COc1ccccc1[N+](=O)[O-])C(=O)Nc1ccc(F)cc1Cl. The normalized spacial score (nSPS) is 11.4. The Balaban J connectivity index is 1.89. The summed E-state index contributed by atoms with van der Waals surface area (Å²) in [6.45, 7) is 0.690. The number of nitrogens with one attached hydrogen (secondary N) is 1.